The van der Waals surface area contributed by atoms with E-state index >= 15 is 0 Å². The fraction of sp³-hybridized carbons (Fsp3) is 0.222. The van der Waals surface area contributed by atoms with E-state index in [0.29, 0.717) is 28.0 Å². The Morgan fingerprint density at radius 2 is 2.07 bits per heavy atom. The average Bonchev–Trinajstić information content (AvgIpc) is 3.29. The Labute approximate surface area is 159 Å². The Balaban J connectivity index is 1.76. The fourth-order valence-corrected chi connectivity index (χ4v) is 3.22. The van der Waals surface area contributed by atoms with Crippen LogP contribution < -0.4 is 9.64 Å². The van der Waals surface area contributed by atoms with Gasteiger partial charge in [0, 0.05) is 18.4 Å². The number of nitrogens with zero attached hydrogens (tertiary/aromatic N) is 3. The van der Waals surface area contributed by atoms with Crippen molar-refractivity contribution in [1.29, 1.82) is 0 Å². The quantitative estimate of drug-likeness (QED) is 0.598. The van der Waals surface area contributed by atoms with Gasteiger partial charge in [-0.25, -0.2) is 9.78 Å². The smallest absolute Gasteiger partial charge is 0.377 e. The van der Waals surface area contributed by atoms with Gasteiger partial charge in [-0.15, -0.1) is 11.3 Å². The van der Waals surface area contributed by atoms with Crippen molar-refractivity contribution in [3.8, 4) is 5.75 Å². The molecule has 0 aliphatic carbocycles. The molecule has 0 saturated heterocycles. The lowest BCUT2D eigenvalue weighted by Gasteiger charge is -2.20. The summed E-state index contributed by atoms with van der Waals surface area (Å²) < 4.78 is 15.4. The molecule has 2 heterocycles. The number of ether oxygens (including phenoxy) is 2. The van der Waals surface area contributed by atoms with E-state index in [9.17, 15) is 9.59 Å². The van der Waals surface area contributed by atoms with Crippen LogP contribution in [0.2, 0.25) is 0 Å². The van der Waals surface area contributed by atoms with Crippen molar-refractivity contribution in [3.63, 3.8) is 0 Å². The molecule has 0 radical (unpaired) electrons. The number of carbonyl (C=O) groups excluding carboxylic acids is 2. The molecule has 0 unspecified atom stereocenters. The molecule has 0 aliphatic rings. The van der Waals surface area contributed by atoms with Gasteiger partial charge in [-0.1, -0.05) is 17.3 Å². The van der Waals surface area contributed by atoms with E-state index in [-0.39, 0.29) is 18.3 Å². The summed E-state index contributed by atoms with van der Waals surface area (Å²) in [4.78, 5) is 30.0. The minimum absolute atomic E-state index is 0.0299. The van der Waals surface area contributed by atoms with Crippen molar-refractivity contribution in [2.45, 2.75) is 20.5 Å². The van der Waals surface area contributed by atoms with Crippen LogP contribution in [0.25, 0.3) is 0 Å². The Morgan fingerprint density at radius 1 is 1.30 bits per heavy atom. The highest BCUT2D eigenvalue weighted by Gasteiger charge is 2.22. The number of rotatable bonds is 6. The first-order valence-electron chi connectivity index (χ1n) is 7.98. The first-order chi connectivity index (χ1) is 13.0. The van der Waals surface area contributed by atoms with Gasteiger partial charge in [-0.2, -0.15) is 0 Å². The summed E-state index contributed by atoms with van der Waals surface area (Å²) in [6.07, 6.45) is 0. The number of hydrogen-bond acceptors (Lipinski definition) is 8. The van der Waals surface area contributed by atoms with E-state index in [1.807, 2.05) is 12.1 Å². The van der Waals surface area contributed by atoms with Gasteiger partial charge in [-0.05, 0) is 19.1 Å². The van der Waals surface area contributed by atoms with Crippen molar-refractivity contribution in [2.24, 2.45) is 0 Å². The summed E-state index contributed by atoms with van der Waals surface area (Å²) in [6, 6.07) is 8.66. The molecule has 0 N–H and O–H groups in total. The summed E-state index contributed by atoms with van der Waals surface area (Å²) in [5, 5.41) is 5.82. The molecule has 9 heteroatoms. The van der Waals surface area contributed by atoms with E-state index in [1.165, 1.54) is 36.3 Å². The molecule has 0 atom stereocenters. The number of hydrogen-bond donors (Lipinski definition) is 0. The zero-order valence-electron chi connectivity index (χ0n) is 15.0. The number of benzene rings is 1. The zero-order chi connectivity index (χ0) is 19.4. The van der Waals surface area contributed by atoms with Gasteiger partial charge in [0.25, 0.3) is 0 Å². The van der Waals surface area contributed by atoms with Crippen LogP contribution in [0.15, 0.2) is 40.2 Å². The summed E-state index contributed by atoms with van der Waals surface area (Å²) >= 11 is 1.26. The van der Waals surface area contributed by atoms with Crippen LogP contribution in [-0.2, 0) is 16.1 Å². The molecule has 140 valence electrons. The molecular weight excluding hydrogens is 370 g/mol. The third-order valence-corrected chi connectivity index (χ3v) is 4.43. The summed E-state index contributed by atoms with van der Waals surface area (Å²) in [6.45, 7) is 3.10. The van der Waals surface area contributed by atoms with Crippen LogP contribution in [0.4, 0.5) is 10.8 Å². The highest BCUT2D eigenvalue weighted by atomic mass is 32.1. The maximum absolute atomic E-state index is 12.2. The van der Waals surface area contributed by atoms with Crippen molar-refractivity contribution in [2.75, 3.05) is 12.0 Å². The Morgan fingerprint density at radius 3 is 2.74 bits per heavy atom. The second kappa shape index (κ2) is 8.00. The minimum Gasteiger partial charge on any atom is -0.495 e. The van der Waals surface area contributed by atoms with Crippen LogP contribution in [0, 0.1) is 6.92 Å². The average molecular weight is 387 g/mol. The SMILES string of the molecule is COc1ccccc1N(C(C)=O)c1nc(COC(=O)c2cc(C)no2)cs1. The number of thiazole rings is 1. The molecule has 1 aromatic carbocycles. The fourth-order valence-electron chi connectivity index (χ4n) is 2.36. The molecular formula is C18H17N3O5S. The van der Waals surface area contributed by atoms with Gasteiger partial charge < -0.3 is 14.0 Å². The Hall–Kier alpha value is -3.20. The van der Waals surface area contributed by atoms with E-state index in [4.69, 9.17) is 14.0 Å². The first-order valence-corrected chi connectivity index (χ1v) is 8.86. The van der Waals surface area contributed by atoms with Gasteiger partial charge in [0.15, 0.2) is 5.13 Å². The normalized spacial score (nSPS) is 10.5. The van der Waals surface area contributed by atoms with Crippen molar-refractivity contribution in [3.05, 3.63) is 52.9 Å². The molecule has 2 aromatic heterocycles. The Kier molecular flexibility index (Phi) is 5.51. The molecule has 8 nitrogen and oxygen atoms in total. The number of aryl methyl sites for hydroxylation is 1. The molecule has 27 heavy (non-hydrogen) atoms. The van der Waals surface area contributed by atoms with E-state index in [2.05, 4.69) is 10.1 Å². The van der Waals surface area contributed by atoms with Crippen LogP contribution in [0.3, 0.4) is 0 Å². The largest absolute Gasteiger partial charge is 0.495 e. The molecule has 3 aromatic rings. The number of para-hydroxylation sites is 2. The second-order valence-electron chi connectivity index (χ2n) is 5.56. The highest BCUT2D eigenvalue weighted by molar-refractivity contribution is 7.14. The van der Waals surface area contributed by atoms with Crippen LogP contribution in [0.5, 0.6) is 5.75 Å². The van der Waals surface area contributed by atoms with Crippen molar-refractivity contribution in [1.82, 2.24) is 10.1 Å². The van der Waals surface area contributed by atoms with Crippen LogP contribution >= 0.6 is 11.3 Å². The van der Waals surface area contributed by atoms with E-state index < -0.39 is 5.97 Å². The summed E-state index contributed by atoms with van der Waals surface area (Å²) in [7, 11) is 1.54. The summed E-state index contributed by atoms with van der Waals surface area (Å²) in [5.74, 6) is -0.258. The number of carbonyl (C=O) groups is 2. The first kappa shape index (κ1) is 18.6. The van der Waals surface area contributed by atoms with E-state index in [0.717, 1.165) is 0 Å². The highest BCUT2D eigenvalue weighted by Crippen LogP contribution is 2.35. The number of esters is 1. The van der Waals surface area contributed by atoms with Crippen LogP contribution in [0.1, 0.15) is 28.9 Å². The molecule has 1 amide bonds. The van der Waals surface area contributed by atoms with Gasteiger partial charge in [-0.3, -0.25) is 9.69 Å². The van der Waals surface area contributed by atoms with Gasteiger partial charge in [0.05, 0.1) is 24.2 Å². The number of anilines is 2. The molecule has 0 fully saturated rings. The monoisotopic (exact) mass is 387 g/mol. The third kappa shape index (κ3) is 4.14. The standard InChI is InChI=1S/C18H17N3O5S/c1-11-8-16(26-20-11)17(23)25-9-13-10-27-18(19-13)21(12(2)22)14-6-4-5-7-15(14)24-3/h4-8,10H,9H2,1-3H3. The molecule has 3 rings (SSSR count). The lowest BCUT2D eigenvalue weighted by molar-refractivity contribution is -0.115. The maximum atomic E-state index is 12.2. The Bertz CT molecular complexity index is 965. The molecule has 0 aliphatic heterocycles. The maximum Gasteiger partial charge on any atom is 0.377 e. The van der Waals surface area contributed by atoms with Gasteiger partial charge in [0.1, 0.15) is 12.4 Å². The van der Waals surface area contributed by atoms with Crippen molar-refractivity contribution < 1.29 is 23.6 Å². The predicted molar refractivity (Wildman–Crippen MR) is 98.3 cm³/mol. The number of aromatic nitrogens is 2. The van der Waals surface area contributed by atoms with Gasteiger partial charge >= 0.3 is 5.97 Å². The molecule has 0 spiro atoms. The zero-order valence-corrected chi connectivity index (χ0v) is 15.8. The lowest BCUT2D eigenvalue weighted by atomic mass is 10.2. The summed E-state index contributed by atoms with van der Waals surface area (Å²) in [5.41, 5.74) is 1.69. The van der Waals surface area contributed by atoms with Crippen molar-refractivity contribution >= 4 is 34.0 Å². The van der Waals surface area contributed by atoms with Crippen LogP contribution in [-0.4, -0.2) is 29.1 Å². The van der Waals surface area contributed by atoms with E-state index in [1.54, 1.807) is 24.4 Å². The second-order valence-corrected chi connectivity index (χ2v) is 6.39. The number of methoxy groups -OCH3 is 1. The third-order valence-electron chi connectivity index (χ3n) is 3.55. The molecule has 0 saturated carbocycles. The topological polar surface area (TPSA) is 94.8 Å². The lowest BCUT2D eigenvalue weighted by Crippen LogP contribution is -2.23. The number of amides is 1. The minimum atomic E-state index is -0.627. The predicted octanol–water partition coefficient (Wildman–Crippen LogP) is 3.49. The van der Waals surface area contributed by atoms with Gasteiger partial charge in [0.2, 0.25) is 11.7 Å². The molecule has 0 bridgehead atoms.